The summed E-state index contributed by atoms with van der Waals surface area (Å²) in [5, 5.41) is 3.40. The molecule has 94 valence electrons. The van der Waals surface area contributed by atoms with Crippen molar-refractivity contribution in [2.24, 2.45) is 4.99 Å². The summed E-state index contributed by atoms with van der Waals surface area (Å²) in [5.41, 5.74) is 2.42. The van der Waals surface area contributed by atoms with Crippen LogP contribution in [-0.2, 0) is 0 Å². The molecule has 0 aliphatic carbocycles. The van der Waals surface area contributed by atoms with Crippen molar-refractivity contribution in [3.63, 3.8) is 0 Å². The molecule has 2 N–H and O–H groups in total. The van der Waals surface area contributed by atoms with Gasteiger partial charge in [-0.25, -0.2) is 0 Å². The molecule has 0 amide bonds. The van der Waals surface area contributed by atoms with Crippen molar-refractivity contribution >= 4 is 5.71 Å². The maximum absolute atomic E-state index is 8.60. The predicted octanol–water partition coefficient (Wildman–Crippen LogP) is -2.39. The van der Waals surface area contributed by atoms with E-state index in [1.807, 2.05) is 6.92 Å². The van der Waals surface area contributed by atoms with E-state index in [1.54, 1.807) is 0 Å². The molecule has 0 saturated carbocycles. The second kappa shape index (κ2) is 5.60. The Balaban J connectivity index is 0.000000385. The monoisotopic (exact) mass is 252 g/mol. The molecule has 0 atom stereocenters. The van der Waals surface area contributed by atoms with E-state index >= 15 is 0 Å². The van der Waals surface area contributed by atoms with Gasteiger partial charge in [0, 0.05) is 11.4 Å². The highest BCUT2D eigenvalue weighted by Gasteiger charge is 2.18. The molecular formula is C9H17ClN2O4. The Labute approximate surface area is 97.1 Å². The van der Waals surface area contributed by atoms with Crippen molar-refractivity contribution in [1.82, 2.24) is 5.32 Å². The summed E-state index contributed by atoms with van der Waals surface area (Å²) < 4.78 is 32.7. The highest BCUT2D eigenvalue weighted by atomic mass is 35.7. The first-order chi connectivity index (χ1) is 6.99. The first kappa shape index (κ1) is 15.3. The largest absolute Gasteiger partial charge is 0.382 e. The van der Waals surface area contributed by atoms with Gasteiger partial charge in [-0.05, 0) is 33.8 Å². The third kappa shape index (κ3) is 9.88. The number of aliphatic imine (C=N–C) groups is 1. The van der Waals surface area contributed by atoms with Gasteiger partial charge >= 0.3 is 0 Å². The van der Waals surface area contributed by atoms with E-state index in [0.29, 0.717) is 0 Å². The summed E-state index contributed by atoms with van der Waals surface area (Å²) in [6.45, 7) is 9.28. The highest BCUT2D eigenvalue weighted by Crippen LogP contribution is 2.09. The highest BCUT2D eigenvalue weighted by molar-refractivity contribution is 5.93. The zero-order valence-corrected chi connectivity index (χ0v) is 10.5. The van der Waals surface area contributed by atoms with Crippen molar-refractivity contribution in [1.29, 1.82) is 0 Å². The lowest BCUT2D eigenvalue weighted by molar-refractivity contribution is -1.92. The van der Waals surface area contributed by atoms with Crippen LogP contribution in [0.4, 0.5) is 0 Å². The van der Waals surface area contributed by atoms with E-state index in [1.165, 1.54) is 5.70 Å². The SMILES string of the molecule is CC1=CC(C)=NCC(C)(C)N1.[O-][Cl+3]([O-])([O-])O. The van der Waals surface area contributed by atoms with Crippen molar-refractivity contribution < 1.29 is 28.9 Å². The Morgan fingerprint density at radius 1 is 1.38 bits per heavy atom. The van der Waals surface area contributed by atoms with Crippen molar-refractivity contribution in [2.75, 3.05) is 6.54 Å². The molecule has 0 fully saturated rings. The fourth-order valence-corrected chi connectivity index (χ4v) is 1.29. The summed E-state index contributed by atoms with van der Waals surface area (Å²) in [4.78, 5) is 4.40. The molecule has 1 aliphatic heterocycles. The Morgan fingerprint density at radius 2 is 1.81 bits per heavy atom. The molecule has 0 saturated heterocycles. The molecule has 0 aromatic carbocycles. The van der Waals surface area contributed by atoms with Crippen LogP contribution in [0.1, 0.15) is 27.7 Å². The molecule has 1 aliphatic rings. The number of halogens is 1. The first-order valence-corrected chi connectivity index (χ1v) is 5.87. The van der Waals surface area contributed by atoms with Crippen LogP contribution in [0.15, 0.2) is 16.8 Å². The number of rotatable bonds is 0. The third-order valence-corrected chi connectivity index (χ3v) is 1.68. The molecule has 0 aromatic heterocycles. The lowest BCUT2D eigenvalue weighted by Gasteiger charge is -2.24. The number of nitrogens with one attached hydrogen (secondary N) is 1. The van der Waals surface area contributed by atoms with Crippen LogP contribution >= 0.6 is 0 Å². The van der Waals surface area contributed by atoms with Gasteiger partial charge < -0.3 is 5.32 Å². The van der Waals surface area contributed by atoms with E-state index in [0.717, 1.165) is 12.3 Å². The second-order valence-corrected chi connectivity index (χ2v) is 4.98. The van der Waals surface area contributed by atoms with Crippen LogP contribution in [0.3, 0.4) is 0 Å². The zero-order chi connectivity index (χ0) is 13.0. The number of hydrogen-bond acceptors (Lipinski definition) is 6. The van der Waals surface area contributed by atoms with Gasteiger partial charge in [0.05, 0.1) is 27.0 Å². The molecule has 0 bridgehead atoms. The standard InChI is InChI=1S/C9H16N2.ClHO4/c1-7-5-8(2)11-9(3,4)6-10-7;2-1(3,4)5/h5,11H,6H2,1-4H3;(H,2,3,4,5). The normalized spacial score (nSPS) is 19.5. The van der Waals surface area contributed by atoms with E-state index in [-0.39, 0.29) is 5.54 Å². The number of allylic oxidation sites excluding steroid dienone is 2. The molecule has 16 heavy (non-hydrogen) atoms. The van der Waals surface area contributed by atoms with Crippen LogP contribution in [0.25, 0.3) is 0 Å². The molecule has 7 heteroatoms. The van der Waals surface area contributed by atoms with Gasteiger partial charge in [0.1, 0.15) is 0 Å². The predicted molar refractivity (Wildman–Crippen MR) is 51.2 cm³/mol. The van der Waals surface area contributed by atoms with Gasteiger partial charge in [-0.3, -0.25) is 4.99 Å². The van der Waals surface area contributed by atoms with Gasteiger partial charge in [0.2, 0.25) is 0 Å². The lowest BCUT2D eigenvalue weighted by atomic mass is 10.1. The Kier molecular flexibility index (Phi) is 5.37. The van der Waals surface area contributed by atoms with Crippen molar-refractivity contribution in [3.8, 4) is 0 Å². The quantitative estimate of drug-likeness (QED) is 0.499. The third-order valence-electron chi connectivity index (χ3n) is 1.68. The number of hydrogen-bond donors (Lipinski definition) is 2. The Morgan fingerprint density at radius 3 is 2.25 bits per heavy atom. The van der Waals surface area contributed by atoms with E-state index in [9.17, 15) is 0 Å². The fourth-order valence-electron chi connectivity index (χ4n) is 1.29. The maximum Gasteiger partial charge on any atom is 0.0777 e. The molecule has 6 nitrogen and oxygen atoms in total. The fraction of sp³-hybridized carbons (Fsp3) is 0.667. The summed E-state index contributed by atoms with van der Waals surface area (Å²) in [6.07, 6.45) is 2.08. The van der Waals surface area contributed by atoms with Gasteiger partial charge in [-0.15, -0.1) is 0 Å². The van der Waals surface area contributed by atoms with Crippen LogP contribution in [0.5, 0.6) is 0 Å². The minimum absolute atomic E-state index is 0.109. The summed E-state index contributed by atoms with van der Waals surface area (Å²) >= 11 is 0. The van der Waals surface area contributed by atoms with Gasteiger partial charge in [0.15, 0.2) is 0 Å². The molecule has 1 heterocycles. The first-order valence-electron chi connectivity index (χ1n) is 4.60. The summed E-state index contributed by atoms with van der Waals surface area (Å²) in [5.74, 6) is 0. The molecule has 1 rings (SSSR count). The minimum atomic E-state index is -4.69. The number of nitrogens with zero attached hydrogens (tertiary/aromatic N) is 1. The van der Waals surface area contributed by atoms with Crippen LogP contribution in [-0.4, -0.2) is 22.5 Å². The van der Waals surface area contributed by atoms with E-state index in [2.05, 4.69) is 37.2 Å². The van der Waals surface area contributed by atoms with Crippen LogP contribution in [0, 0.1) is 10.2 Å². The van der Waals surface area contributed by atoms with Crippen molar-refractivity contribution in [3.05, 3.63) is 11.8 Å². The van der Waals surface area contributed by atoms with Crippen LogP contribution in [0.2, 0.25) is 0 Å². The summed E-state index contributed by atoms with van der Waals surface area (Å²) in [6, 6.07) is 0. The molecule has 0 unspecified atom stereocenters. The van der Waals surface area contributed by atoms with Crippen molar-refractivity contribution in [2.45, 2.75) is 33.2 Å². The topological polar surface area (TPSA) is 114 Å². The van der Waals surface area contributed by atoms with Gasteiger partial charge in [-0.2, -0.15) is 14.0 Å². The minimum Gasteiger partial charge on any atom is -0.382 e. The molecule has 0 aromatic rings. The van der Waals surface area contributed by atoms with E-state index < -0.39 is 10.2 Å². The Bertz CT molecular complexity index is 288. The van der Waals surface area contributed by atoms with Gasteiger partial charge in [0.25, 0.3) is 0 Å². The second-order valence-electron chi connectivity index (χ2n) is 4.19. The smallest absolute Gasteiger partial charge is 0.0777 e. The average Bonchev–Trinajstić information content (AvgIpc) is 2.05. The molecule has 0 radical (unpaired) electrons. The lowest BCUT2D eigenvalue weighted by Crippen LogP contribution is -2.58. The van der Waals surface area contributed by atoms with E-state index in [4.69, 9.17) is 18.6 Å². The molecular weight excluding hydrogens is 236 g/mol. The molecule has 0 spiro atoms. The van der Waals surface area contributed by atoms with Crippen LogP contribution < -0.4 is 19.3 Å². The maximum atomic E-state index is 8.60. The Hall–Kier alpha value is -0.660. The summed E-state index contributed by atoms with van der Waals surface area (Å²) in [7, 11) is -4.69. The average molecular weight is 253 g/mol. The zero-order valence-electron chi connectivity index (χ0n) is 9.78. The van der Waals surface area contributed by atoms with Gasteiger partial charge in [-0.1, -0.05) is 0 Å².